The van der Waals surface area contributed by atoms with Crippen LogP contribution in [-0.4, -0.2) is 43.6 Å². The minimum Gasteiger partial charge on any atom is -0.357 e. The number of anilines is 1. The predicted octanol–water partition coefficient (Wildman–Crippen LogP) is 0.881. The van der Waals surface area contributed by atoms with Gasteiger partial charge in [0.25, 0.3) is 5.69 Å². The number of hydrogen-bond acceptors (Lipinski definition) is 5. The molecule has 1 aromatic carbocycles. The third-order valence-electron chi connectivity index (χ3n) is 3.24. The molecule has 8 heteroatoms. The van der Waals surface area contributed by atoms with Crippen molar-refractivity contribution in [1.29, 1.82) is 0 Å². The summed E-state index contributed by atoms with van der Waals surface area (Å²) in [5.41, 5.74) is 0.462. The largest absolute Gasteiger partial charge is 0.357 e. The molecule has 20 heavy (non-hydrogen) atoms. The molecule has 1 aliphatic heterocycles. The van der Waals surface area contributed by atoms with Crippen molar-refractivity contribution in [2.24, 2.45) is 0 Å². The summed E-state index contributed by atoms with van der Waals surface area (Å²) >= 11 is 3.23. The first kappa shape index (κ1) is 14.7. The zero-order valence-electron chi connectivity index (χ0n) is 10.9. The third kappa shape index (κ3) is 2.91. The standard InChI is InChI=1S/C12H15BrN4O3/c1-14-12(18)11-7-15-4-5-16(11)9-3-2-8(13)6-10(9)17(19)20/h2-3,6,11,15H,4-5,7H2,1H3,(H,14,18). The van der Waals surface area contributed by atoms with Gasteiger partial charge in [0.1, 0.15) is 11.7 Å². The van der Waals surface area contributed by atoms with E-state index < -0.39 is 11.0 Å². The Morgan fingerprint density at radius 1 is 1.60 bits per heavy atom. The lowest BCUT2D eigenvalue weighted by molar-refractivity contribution is -0.384. The summed E-state index contributed by atoms with van der Waals surface area (Å²) in [7, 11) is 1.56. The van der Waals surface area contributed by atoms with E-state index in [9.17, 15) is 14.9 Å². The van der Waals surface area contributed by atoms with Crippen LogP contribution in [0.15, 0.2) is 22.7 Å². The molecular weight excluding hydrogens is 328 g/mol. The van der Waals surface area contributed by atoms with Gasteiger partial charge in [-0.25, -0.2) is 0 Å². The highest BCUT2D eigenvalue weighted by atomic mass is 79.9. The Balaban J connectivity index is 2.42. The molecule has 108 valence electrons. The molecule has 1 unspecified atom stereocenters. The number of nitro benzene ring substituents is 1. The van der Waals surface area contributed by atoms with Gasteiger partial charge in [0.2, 0.25) is 5.91 Å². The van der Waals surface area contributed by atoms with E-state index in [1.165, 1.54) is 6.07 Å². The minimum absolute atomic E-state index is 0.00446. The first-order chi connectivity index (χ1) is 9.54. The average molecular weight is 343 g/mol. The van der Waals surface area contributed by atoms with Crippen LogP contribution in [0, 0.1) is 10.1 Å². The van der Waals surface area contributed by atoms with Crippen LogP contribution in [0.3, 0.4) is 0 Å². The van der Waals surface area contributed by atoms with E-state index in [4.69, 9.17) is 0 Å². The van der Waals surface area contributed by atoms with Crippen LogP contribution in [-0.2, 0) is 4.79 Å². The lowest BCUT2D eigenvalue weighted by atomic mass is 10.1. The highest BCUT2D eigenvalue weighted by Gasteiger charge is 2.32. The van der Waals surface area contributed by atoms with Crippen LogP contribution in [0.5, 0.6) is 0 Å². The van der Waals surface area contributed by atoms with Crippen LogP contribution in [0.1, 0.15) is 0 Å². The molecule has 2 rings (SSSR count). The Morgan fingerprint density at radius 2 is 2.35 bits per heavy atom. The summed E-state index contributed by atoms with van der Waals surface area (Å²) in [4.78, 5) is 24.5. The molecule has 1 aliphatic rings. The number of amides is 1. The molecule has 1 amide bonds. The van der Waals surface area contributed by atoms with Crippen LogP contribution >= 0.6 is 15.9 Å². The summed E-state index contributed by atoms with van der Waals surface area (Å²) in [6.45, 7) is 1.69. The quantitative estimate of drug-likeness (QED) is 0.629. The minimum atomic E-state index is -0.450. The molecule has 2 N–H and O–H groups in total. The normalized spacial score (nSPS) is 18.7. The average Bonchev–Trinajstić information content (AvgIpc) is 2.46. The maximum atomic E-state index is 11.9. The first-order valence-corrected chi connectivity index (χ1v) is 6.96. The van der Waals surface area contributed by atoms with Crippen molar-refractivity contribution in [3.63, 3.8) is 0 Å². The maximum Gasteiger partial charge on any atom is 0.293 e. The fraction of sp³-hybridized carbons (Fsp3) is 0.417. The number of halogens is 1. The molecule has 0 radical (unpaired) electrons. The molecule has 0 saturated carbocycles. The number of carbonyl (C=O) groups excluding carboxylic acids is 1. The van der Waals surface area contributed by atoms with Gasteiger partial charge in [0, 0.05) is 37.2 Å². The van der Waals surface area contributed by atoms with E-state index >= 15 is 0 Å². The molecule has 1 heterocycles. The van der Waals surface area contributed by atoms with Gasteiger partial charge in [0.15, 0.2) is 0 Å². The number of rotatable bonds is 3. The van der Waals surface area contributed by atoms with Crippen molar-refractivity contribution < 1.29 is 9.72 Å². The highest BCUT2D eigenvalue weighted by Crippen LogP contribution is 2.32. The zero-order chi connectivity index (χ0) is 14.7. The van der Waals surface area contributed by atoms with Gasteiger partial charge in [-0.05, 0) is 12.1 Å². The molecule has 1 saturated heterocycles. The zero-order valence-corrected chi connectivity index (χ0v) is 12.5. The van der Waals surface area contributed by atoms with Gasteiger partial charge >= 0.3 is 0 Å². The van der Waals surface area contributed by atoms with Crippen LogP contribution in [0.25, 0.3) is 0 Å². The van der Waals surface area contributed by atoms with Crippen molar-refractivity contribution in [2.45, 2.75) is 6.04 Å². The molecule has 0 bridgehead atoms. The van der Waals surface area contributed by atoms with Crippen molar-refractivity contribution in [3.05, 3.63) is 32.8 Å². The number of piperazine rings is 1. The Bertz CT molecular complexity index is 537. The van der Waals surface area contributed by atoms with E-state index in [2.05, 4.69) is 26.6 Å². The van der Waals surface area contributed by atoms with E-state index in [0.717, 1.165) is 0 Å². The summed E-state index contributed by atoms with van der Waals surface area (Å²) in [6.07, 6.45) is 0. The number of nitro groups is 1. The second-order valence-corrected chi connectivity index (χ2v) is 5.33. The fourth-order valence-corrected chi connectivity index (χ4v) is 2.63. The van der Waals surface area contributed by atoms with Crippen LogP contribution in [0.4, 0.5) is 11.4 Å². The van der Waals surface area contributed by atoms with Crippen molar-refractivity contribution in [1.82, 2.24) is 10.6 Å². The summed E-state index contributed by atoms with van der Waals surface area (Å²) in [6, 6.07) is 4.42. The smallest absolute Gasteiger partial charge is 0.293 e. The van der Waals surface area contributed by atoms with E-state index in [-0.39, 0.29) is 11.6 Å². The van der Waals surface area contributed by atoms with Crippen molar-refractivity contribution in [3.8, 4) is 0 Å². The second-order valence-electron chi connectivity index (χ2n) is 4.42. The molecular formula is C12H15BrN4O3. The van der Waals surface area contributed by atoms with Crippen molar-refractivity contribution in [2.75, 3.05) is 31.6 Å². The summed E-state index contributed by atoms with van der Waals surface area (Å²) < 4.78 is 0.638. The molecule has 0 aromatic heterocycles. The predicted molar refractivity (Wildman–Crippen MR) is 78.9 cm³/mol. The number of benzene rings is 1. The SMILES string of the molecule is CNC(=O)C1CNCCN1c1ccc(Br)cc1[N+](=O)[O-]. The molecule has 1 aromatic rings. The van der Waals surface area contributed by atoms with E-state index in [0.29, 0.717) is 29.8 Å². The monoisotopic (exact) mass is 342 g/mol. The second kappa shape index (κ2) is 6.19. The first-order valence-electron chi connectivity index (χ1n) is 6.17. The van der Waals surface area contributed by atoms with Crippen LogP contribution in [0.2, 0.25) is 0 Å². The molecule has 7 nitrogen and oxygen atoms in total. The Morgan fingerprint density at radius 3 is 3.00 bits per heavy atom. The van der Waals surface area contributed by atoms with E-state index in [1.807, 2.05) is 0 Å². The topological polar surface area (TPSA) is 87.5 Å². The van der Waals surface area contributed by atoms with Gasteiger partial charge < -0.3 is 15.5 Å². The molecule has 0 spiro atoms. The highest BCUT2D eigenvalue weighted by molar-refractivity contribution is 9.10. The number of likely N-dealkylation sites (N-methyl/N-ethyl adjacent to an activating group) is 1. The van der Waals surface area contributed by atoms with Gasteiger partial charge in [-0.1, -0.05) is 15.9 Å². The lowest BCUT2D eigenvalue weighted by Crippen LogP contribution is -2.57. The fourth-order valence-electron chi connectivity index (χ4n) is 2.28. The Hall–Kier alpha value is -1.67. The maximum absolute atomic E-state index is 11.9. The number of nitrogens with zero attached hydrogens (tertiary/aromatic N) is 2. The van der Waals surface area contributed by atoms with E-state index in [1.54, 1.807) is 24.1 Å². The van der Waals surface area contributed by atoms with Gasteiger partial charge in [-0.2, -0.15) is 0 Å². The number of hydrogen-bond donors (Lipinski definition) is 2. The molecule has 0 aliphatic carbocycles. The number of carbonyl (C=O) groups is 1. The Kier molecular flexibility index (Phi) is 4.56. The molecule has 1 fully saturated rings. The summed E-state index contributed by atoms with van der Waals surface area (Å²) in [5.74, 6) is -0.158. The van der Waals surface area contributed by atoms with Gasteiger partial charge in [-0.15, -0.1) is 0 Å². The van der Waals surface area contributed by atoms with Gasteiger partial charge in [0.05, 0.1) is 4.92 Å². The summed E-state index contributed by atoms with van der Waals surface area (Å²) in [5, 5.41) is 16.9. The number of nitrogens with one attached hydrogen (secondary N) is 2. The van der Waals surface area contributed by atoms with Crippen molar-refractivity contribution >= 4 is 33.2 Å². The third-order valence-corrected chi connectivity index (χ3v) is 3.73. The molecule has 1 atom stereocenters. The van der Waals surface area contributed by atoms with Gasteiger partial charge in [-0.3, -0.25) is 14.9 Å². The Labute approximate surface area is 124 Å². The lowest BCUT2D eigenvalue weighted by Gasteiger charge is -2.36. The van der Waals surface area contributed by atoms with Crippen LogP contribution < -0.4 is 15.5 Å².